The molecule has 0 fully saturated rings. The first-order valence-electron chi connectivity index (χ1n) is 8.76. The second kappa shape index (κ2) is 8.51. The summed E-state index contributed by atoms with van der Waals surface area (Å²) in [5.74, 6) is -2.24. The van der Waals surface area contributed by atoms with Gasteiger partial charge in [-0.1, -0.05) is 31.5 Å². The summed E-state index contributed by atoms with van der Waals surface area (Å²) in [5, 5.41) is 12.8. The van der Waals surface area contributed by atoms with Crippen LogP contribution in [-0.2, 0) is 16.1 Å². The quantitative estimate of drug-likeness (QED) is 0.636. The number of carbonyl (C=O) groups is 3. The number of nitrogens with one attached hydrogen (secondary N) is 1. The minimum Gasteiger partial charge on any atom is -0.480 e. The lowest BCUT2D eigenvalue weighted by Gasteiger charge is -2.16. The van der Waals surface area contributed by atoms with Crippen LogP contribution in [0, 0.1) is 6.92 Å². The van der Waals surface area contributed by atoms with Crippen molar-refractivity contribution in [3.63, 3.8) is 0 Å². The molecule has 0 aliphatic carbocycles. The molecule has 0 radical (unpaired) electrons. The number of nitrogens with zero attached hydrogens (tertiary/aromatic N) is 1. The van der Waals surface area contributed by atoms with Crippen molar-refractivity contribution in [2.45, 2.75) is 52.1 Å². The minimum absolute atomic E-state index is 0.0371. The summed E-state index contributed by atoms with van der Waals surface area (Å²) >= 11 is 0. The average Bonchev–Trinajstić information content (AvgIpc) is 2.88. The molecule has 0 spiro atoms. The molecule has 7 nitrogen and oxygen atoms in total. The number of amides is 2. The van der Waals surface area contributed by atoms with Crippen molar-refractivity contribution in [1.82, 2.24) is 9.88 Å². The number of para-hydroxylation sites is 1. The van der Waals surface area contributed by atoms with E-state index in [0.717, 1.165) is 29.3 Å². The van der Waals surface area contributed by atoms with E-state index in [2.05, 4.69) is 12.2 Å². The highest BCUT2D eigenvalue weighted by atomic mass is 16.4. The number of hydrogen-bond donors (Lipinski definition) is 3. The first kappa shape index (κ1) is 19.5. The molecule has 1 aromatic carbocycles. The fourth-order valence-corrected chi connectivity index (χ4v) is 3.09. The van der Waals surface area contributed by atoms with E-state index in [0.29, 0.717) is 12.2 Å². The summed E-state index contributed by atoms with van der Waals surface area (Å²) in [7, 11) is 0. The number of carbonyl (C=O) groups excluding carboxylic acids is 2. The number of fused-ring (bicyclic) bond motifs is 1. The van der Waals surface area contributed by atoms with Gasteiger partial charge in [-0.15, -0.1) is 0 Å². The van der Waals surface area contributed by atoms with E-state index in [9.17, 15) is 19.5 Å². The maximum absolute atomic E-state index is 12.9. The highest BCUT2D eigenvalue weighted by molar-refractivity contribution is 6.02. The lowest BCUT2D eigenvalue weighted by atomic mass is 10.1. The van der Waals surface area contributed by atoms with E-state index in [1.807, 2.05) is 35.8 Å². The van der Waals surface area contributed by atoms with Gasteiger partial charge in [0.1, 0.15) is 11.7 Å². The third-order valence-corrected chi connectivity index (χ3v) is 4.46. The standard InChI is InChI=1S/C19H25N3O4/c1-3-4-11-22-15-8-6-5-7-13(15)12(2)17(22)18(24)21-14(19(25)26)9-10-16(20)23/h5-8,14H,3-4,9-11H2,1-2H3,(H2,20,23)(H,21,24)(H,25,26). The van der Waals surface area contributed by atoms with Gasteiger partial charge in [0.05, 0.1) is 0 Å². The number of carboxylic acids is 1. The molecule has 0 saturated carbocycles. The molecular weight excluding hydrogens is 334 g/mol. The molecule has 1 atom stereocenters. The van der Waals surface area contributed by atoms with Crippen LogP contribution in [0.5, 0.6) is 0 Å². The summed E-state index contributed by atoms with van der Waals surface area (Å²) in [6.07, 6.45) is 1.74. The largest absolute Gasteiger partial charge is 0.480 e. The van der Waals surface area contributed by atoms with E-state index >= 15 is 0 Å². The smallest absolute Gasteiger partial charge is 0.326 e. The van der Waals surface area contributed by atoms with E-state index in [1.165, 1.54) is 0 Å². The number of aromatic nitrogens is 1. The Morgan fingerprint density at radius 2 is 1.96 bits per heavy atom. The van der Waals surface area contributed by atoms with Crippen LogP contribution in [0.25, 0.3) is 10.9 Å². The van der Waals surface area contributed by atoms with Gasteiger partial charge in [-0.3, -0.25) is 9.59 Å². The van der Waals surface area contributed by atoms with Crippen molar-refractivity contribution in [3.05, 3.63) is 35.5 Å². The molecule has 2 amide bonds. The van der Waals surface area contributed by atoms with Crippen LogP contribution in [-0.4, -0.2) is 33.5 Å². The van der Waals surface area contributed by atoms with Gasteiger partial charge >= 0.3 is 5.97 Å². The Morgan fingerprint density at radius 1 is 1.27 bits per heavy atom. The van der Waals surface area contributed by atoms with E-state index in [-0.39, 0.29) is 12.8 Å². The molecule has 1 aromatic heterocycles. The van der Waals surface area contributed by atoms with E-state index in [1.54, 1.807) is 0 Å². The van der Waals surface area contributed by atoms with Crippen molar-refractivity contribution in [2.24, 2.45) is 5.73 Å². The number of hydrogen-bond acceptors (Lipinski definition) is 3. The molecule has 140 valence electrons. The Kier molecular flexibility index (Phi) is 6.38. The molecule has 1 heterocycles. The second-order valence-corrected chi connectivity index (χ2v) is 6.37. The van der Waals surface area contributed by atoms with Gasteiger partial charge in [0.15, 0.2) is 0 Å². The molecule has 0 saturated heterocycles. The number of primary amides is 1. The third kappa shape index (κ3) is 4.22. The number of benzene rings is 1. The zero-order valence-electron chi connectivity index (χ0n) is 15.1. The molecule has 0 bridgehead atoms. The highest BCUT2D eigenvalue weighted by Crippen LogP contribution is 2.26. The van der Waals surface area contributed by atoms with Gasteiger partial charge in [-0.2, -0.15) is 0 Å². The van der Waals surface area contributed by atoms with Gasteiger partial charge < -0.3 is 20.7 Å². The summed E-state index contributed by atoms with van der Waals surface area (Å²) in [6, 6.07) is 6.57. The number of aryl methyl sites for hydroxylation is 2. The first-order valence-corrected chi connectivity index (χ1v) is 8.76. The predicted octanol–water partition coefficient (Wildman–Crippen LogP) is 2.20. The summed E-state index contributed by atoms with van der Waals surface area (Å²) in [5.41, 5.74) is 7.32. The van der Waals surface area contributed by atoms with Crippen LogP contribution in [0.15, 0.2) is 24.3 Å². The number of unbranched alkanes of at least 4 members (excludes halogenated alkanes) is 1. The van der Waals surface area contributed by atoms with Gasteiger partial charge in [0.25, 0.3) is 5.91 Å². The second-order valence-electron chi connectivity index (χ2n) is 6.37. The van der Waals surface area contributed by atoms with Crippen LogP contribution in [0.2, 0.25) is 0 Å². The highest BCUT2D eigenvalue weighted by Gasteiger charge is 2.25. The Balaban J connectivity index is 2.37. The number of aliphatic carboxylic acids is 1. The lowest BCUT2D eigenvalue weighted by Crippen LogP contribution is -2.42. The molecule has 2 aromatic rings. The Labute approximate surface area is 152 Å². The van der Waals surface area contributed by atoms with Crippen LogP contribution >= 0.6 is 0 Å². The average molecular weight is 359 g/mol. The van der Waals surface area contributed by atoms with Gasteiger partial charge in [0, 0.05) is 23.9 Å². The fraction of sp³-hybridized carbons (Fsp3) is 0.421. The topological polar surface area (TPSA) is 114 Å². The fourth-order valence-electron chi connectivity index (χ4n) is 3.09. The Bertz CT molecular complexity index is 826. The zero-order chi connectivity index (χ0) is 19.3. The van der Waals surface area contributed by atoms with Crippen molar-refractivity contribution in [1.29, 1.82) is 0 Å². The van der Waals surface area contributed by atoms with E-state index < -0.39 is 23.8 Å². The summed E-state index contributed by atoms with van der Waals surface area (Å²) in [6.45, 7) is 4.61. The lowest BCUT2D eigenvalue weighted by molar-refractivity contribution is -0.139. The van der Waals surface area contributed by atoms with Crippen LogP contribution in [0.1, 0.15) is 48.7 Å². The van der Waals surface area contributed by atoms with Gasteiger partial charge in [-0.05, 0) is 31.4 Å². The molecule has 0 aliphatic rings. The summed E-state index contributed by atoms with van der Waals surface area (Å²) < 4.78 is 1.94. The summed E-state index contributed by atoms with van der Waals surface area (Å²) in [4.78, 5) is 35.2. The monoisotopic (exact) mass is 359 g/mol. The Morgan fingerprint density at radius 3 is 2.58 bits per heavy atom. The van der Waals surface area contributed by atoms with Crippen molar-refractivity contribution in [3.8, 4) is 0 Å². The van der Waals surface area contributed by atoms with Crippen molar-refractivity contribution in [2.75, 3.05) is 0 Å². The third-order valence-electron chi connectivity index (χ3n) is 4.46. The Hall–Kier alpha value is -2.83. The van der Waals surface area contributed by atoms with Crippen LogP contribution in [0.3, 0.4) is 0 Å². The van der Waals surface area contributed by atoms with Gasteiger partial charge in [0.2, 0.25) is 5.91 Å². The van der Waals surface area contributed by atoms with Crippen molar-refractivity contribution < 1.29 is 19.5 Å². The maximum atomic E-state index is 12.9. The number of rotatable bonds is 9. The number of nitrogens with two attached hydrogens (primary N) is 1. The van der Waals surface area contributed by atoms with Crippen molar-refractivity contribution >= 4 is 28.7 Å². The molecule has 0 aliphatic heterocycles. The molecule has 1 unspecified atom stereocenters. The van der Waals surface area contributed by atoms with E-state index in [4.69, 9.17) is 5.73 Å². The molecular formula is C19H25N3O4. The van der Waals surface area contributed by atoms with Crippen LogP contribution in [0.4, 0.5) is 0 Å². The van der Waals surface area contributed by atoms with Gasteiger partial charge in [-0.25, -0.2) is 4.79 Å². The zero-order valence-corrected chi connectivity index (χ0v) is 15.1. The predicted molar refractivity (Wildman–Crippen MR) is 98.9 cm³/mol. The minimum atomic E-state index is -1.19. The normalized spacial score (nSPS) is 12.1. The molecule has 26 heavy (non-hydrogen) atoms. The molecule has 4 N–H and O–H groups in total. The van der Waals surface area contributed by atoms with Crippen LogP contribution < -0.4 is 11.1 Å². The molecule has 7 heteroatoms. The first-order chi connectivity index (χ1) is 12.4. The SMILES string of the molecule is CCCCn1c(C(=O)NC(CCC(N)=O)C(=O)O)c(C)c2ccccc21. The maximum Gasteiger partial charge on any atom is 0.326 e. The number of carboxylic acid groups (broad SMARTS) is 1. The molecule has 2 rings (SSSR count).